The van der Waals surface area contributed by atoms with E-state index < -0.39 is 11.6 Å². The van der Waals surface area contributed by atoms with Crippen molar-refractivity contribution in [3.63, 3.8) is 0 Å². The maximum absolute atomic E-state index is 14.2. The number of nitrogen functional groups attached to an aromatic ring is 1. The second kappa shape index (κ2) is 7.36. The highest BCUT2D eigenvalue weighted by molar-refractivity contribution is 7.99. The highest BCUT2D eigenvalue weighted by atomic mass is 32.2. The minimum absolute atomic E-state index is 0.0579. The fourth-order valence-electron chi connectivity index (χ4n) is 3.09. The first-order chi connectivity index (χ1) is 13.6. The monoisotopic (exact) mass is 392 g/mol. The molecule has 0 unspecified atom stereocenters. The van der Waals surface area contributed by atoms with Crippen LogP contribution >= 0.6 is 11.9 Å². The van der Waals surface area contributed by atoms with Gasteiger partial charge in [-0.15, -0.1) is 0 Å². The molecule has 140 valence electrons. The van der Waals surface area contributed by atoms with Crippen LogP contribution in [0.2, 0.25) is 0 Å². The number of pyridine rings is 1. The molecule has 0 radical (unpaired) electrons. The molecule has 0 saturated carbocycles. The lowest BCUT2D eigenvalue weighted by molar-refractivity contribution is 0.103. The Balaban J connectivity index is 1.79. The molecule has 2 heterocycles. The van der Waals surface area contributed by atoms with Crippen LogP contribution in [0.3, 0.4) is 0 Å². The Labute approximate surface area is 165 Å². The summed E-state index contributed by atoms with van der Waals surface area (Å²) in [4.78, 5) is 20.3. The van der Waals surface area contributed by atoms with E-state index in [9.17, 15) is 9.18 Å². The third kappa shape index (κ3) is 3.32. The molecule has 0 aliphatic carbocycles. The van der Waals surface area contributed by atoms with Crippen molar-refractivity contribution in [2.75, 3.05) is 16.7 Å². The van der Waals surface area contributed by atoms with Crippen LogP contribution in [0.5, 0.6) is 0 Å². The SMILES string of the molecule is CSNc1cccc(-c2cnc3[nH]cc(C(=O)c4cc(N)ccc4F)c3c2)c1. The number of anilines is 2. The number of benzene rings is 2. The topological polar surface area (TPSA) is 83.8 Å². The van der Waals surface area contributed by atoms with E-state index in [1.54, 1.807) is 12.4 Å². The Bertz CT molecular complexity index is 1190. The summed E-state index contributed by atoms with van der Waals surface area (Å²) in [6.45, 7) is 0. The lowest BCUT2D eigenvalue weighted by Gasteiger charge is -2.07. The van der Waals surface area contributed by atoms with Crippen LogP contribution < -0.4 is 10.5 Å². The lowest BCUT2D eigenvalue weighted by atomic mass is 10.0. The van der Waals surface area contributed by atoms with Crippen molar-refractivity contribution < 1.29 is 9.18 Å². The maximum Gasteiger partial charge on any atom is 0.198 e. The van der Waals surface area contributed by atoms with Crippen LogP contribution in [0.1, 0.15) is 15.9 Å². The summed E-state index contributed by atoms with van der Waals surface area (Å²) < 4.78 is 17.4. The molecule has 0 atom stereocenters. The van der Waals surface area contributed by atoms with Crippen molar-refractivity contribution >= 4 is 40.1 Å². The maximum atomic E-state index is 14.2. The zero-order valence-electron chi connectivity index (χ0n) is 15.0. The zero-order chi connectivity index (χ0) is 19.7. The Morgan fingerprint density at radius 2 is 2.00 bits per heavy atom. The number of aromatic nitrogens is 2. The first-order valence-corrected chi connectivity index (χ1v) is 9.75. The number of carbonyl (C=O) groups is 1. The number of fused-ring (bicyclic) bond motifs is 1. The quantitative estimate of drug-likeness (QED) is 0.256. The molecule has 0 fully saturated rings. The van der Waals surface area contributed by atoms with E-state index in [0.29, 0.717) is 22.3 Å². The van der Waals surface area contributed by atoms with Gasteiger partial charge in [-0.1, -0.05) is 24.1 Å². The number of hydrogen-bond donors (Lipinski definition) is 3. The van der Waals surface area contributed by atoms with E-state index in [4.69, 9.17) is 5.73 Å². The van der Waals surface area contributed by atoms with Crippen molar-refractivity contribution in [3.8, 4) is 11.1 Å². The molecule has 0 amide bonds. The van der Waals surface area contributed by atoms with E-state index in [2.05, 4.69) is 14.7 Å². The van der Waals surface area contributed by atoms with E-state index in [-0.39, 0.29) is 5.56 Å². The highest BCUT2D eigenvalue weighted by Crippen LogP contribution is 2.28. The summed E-state index contributed by atoms with van der Waals surface area (Å²) >= 11 is 1.51. The van der Waals surface area contributed by atoms with E-state index in [0.717, 1.165) is 16.8 Å². The first kappa shape index (κ1) is 18.1. The van der Waals surface area contributed by atoms with Crippen molar-refractivity contribution in [1.82, 2.24) is 9.97 Å². The van der Waals surface area contributed by atoms with Crippen LogP contribution in [0, 0.1) is 5.82 Å². The molecule has 7 heteroatoms. The first-order valence-electron chi connectivity index (χ1n) is 8.53. The van der Waals surface area contributed by atoms with Crippen molar-refractivity contribution in [2.45, 2.75) is 0 Å². The molecule has 0 bridgehead atoms. The molecule has 4 rings (SSSR count). The van der Waals surface area contributed by atoms with Crippen LogP contribution in [0.4, 0.5) is 15.8 Å². The summed E-state index contributed by atoms with van der Waals surface area (Å²) in [6.07, 6.45) is 5.25. The molecular formula is C21H17FN4OS. The van der Waals surface area contributed by atoms with E-state index in [1.807, 2.05) is 36.6 Å². The van der Waals surface area contributed by atoms with Gasteiger partial charge in [-0.05, 0) is 42.0 Å². The predicted molar refractivity (Wildman–Crippen MR) is 113 cm³/mol. The minimum atomic E-state index is -0.603. The molecule has 4 aromatic rings. The van der Waals surface area contributed by atoms with Crippen molar-refractivity contribution in [3.05, 3.63) is 77.9 Å². The average molecular weight is 392 g/mol. The van der Waals surface area contributed by atoms with Gasteiger partial charge in [-0.3, -0.25) is 4.79 Å². The van der Waals surface area contributed by atoms with Gasteiger partial charge in [0.25, 0.3) is 0 Å². The van der Waals surface area contributed by atoms with Crippen molar-refractivity contribution in [2.24, 2.45) is 0 Å². The number of hydrogen-bond acceptors (Lipinski definition) is 5. The Kier molecular flexibility index (Phi) is 4.75. The van der Waals surface area contributed by atoms with Gasteiger partial charge in [0.05, 0.1) is 5.56 Å². The second-order valence-electron chi connectivity index (χ2n) is 6.28. The Morgan fingerprint density at radius 3 is 2.82 bits per heavy atom. The molecular weight excluding hydrogens is 375 g/mol. The Morgan fingerprint density at radius 1 is 1.14 bits per heavy atom. The fraction of sp³-hybridized carbons (Fsp3) is 0.0476. The number of halogens is 1. The molecule has 0 aliphatic rings. The molecule has 4 N–H and O–H groups in total. The number of nitrogens with two attached hydrogens (primary N) is 1. The van der Waals surface area contributed by atoms with Crippen molar-refractivity contribution in [1.29, 1.82) is 0 Å². The van der Waals surface area contributed by atoms with Crippen LogP contribution in [-0.4, -0.2) is 22.0 Å². The van der Waals surface area contributed by atoms with Crippen LogP contribution in [0.25, 0.3) is 22.2 Å². The molecule has 28 heavy (non-hydrogen) atoms. The van der Waals surface area contributed by atoms with Gasteiger partial charge in [0.15, 0.2) is 5.78 Å². The largest absolute Gasteiger partial charge is 0.399 e. The predicted octanol–water partition coefficient (Wildman–Crippen LogP) is 4.87. The van der Waals surface area contributed by atoms with Gasteiger partial charge >= 0.3 is 0 Å². The zero-order valence-corrected chi connectivity index (χ0v) is 15.8. The number of nitrogens with zero attached hydrogens (tertiary/aromatic N) is 1. The molecule has 0 aliphatic heterocycles. The van der Waals surface area contributed by atoms with Gasteiger partial charge < -0.3 is 15.4 Å². The number of rotatable bonds is 5. The minimum Gasteiger partial charge on any atom is -0.399 e. The summed E-state index contributed by atoms with van der Waals surface area (Å²) in [5.41, 5.74) is 9.71. The van der Waals surface area contributed by atoms with Gasteiger partial charge in [0.1, 0.15) is 11.5 Å². The lowest BCUT2D eigenvalue weighted by Crippen LogP contribution is -2.04. The smallest absolute Gasteiger partial charge is 0.198 e. The average Bonchev–Trinajstić information content (AvgIpc) is 3.13. The number of ketones is 1. The Hall–Kier alpha value is -3.32. The standard InChI is InChI=1S/C21H17FN4OS/c1-28-26-15-4-2-3-12(7-15)13-8-16-18(11-25-21(16)24-10-13)20(27)17-9-14(23)5-6-19(17)22/h2-11,26H,23H2,1H3,(H,24,25). The van der Waals surface area contributed by atoms with Gasteiger partial charge in [-0.25, -0.2) is 9.37 Å². The number of H-pyrrole nitrogens is 1. The van der Waals surface area contributed by atoms with Gasteiger partial charge in [0, 0.05) is 46.5 Å². The van der Waals surface area contributed by atoms with E-state index in [1.165, 1.54) is 30.1 Å². The number of aromatic amines is 1. The molecule has 0 saturated heterocycles. The van der Waals surface area contributed by atoms with Gasteiger partial charge in [-0.2, -0.15) is 0 Å². The summed E-state index contributed by atoms with van der Waals surface area (Å²) in [5.74, 6) is -1.04. The van der Waals surface area contributed by atoms with Gasteiger partial charge in [0.2, 0.25) is 0 Å². The summed E-state index contributed by atoms with van der Waals surface area (Å²) in [7, 11) is 0. The third-order valence-corrected chi connectivity index (χ3v) is 4.87. The number of nitrogens with one attached hydrogen (secondary N) is 2. The highest BCUT2D eigenvalue weighted by Gasteiger charge is 2.19. The molecule has 0 spiro atoms. The van der Waals surface area contributed by atoms with Crippen LogP contribution in [0.15, 0.2) is 60.9 Å². The summed E-state index contributed by atoms with van der Waals surface area (Å²) in [6, 6.07) is 13.8. The number of carbonyl (C=O) groups excluding carboxylic acids is 1. The molecule has 2 aromatic carbocycles. The second-order valence-corrected chi connectivity index (χ2v) is 6.89. The fourth-order valence-corrected chi connectivity index (χ4v) is 3.45. The van der Waals surface area contributed by atoms with E-state index >= 15 is 0 Å². The normalized spacial score (nSPS) is 10.9. The molecule has 5 nitrogen and oxygen atoms in total. The van der Waals surface area contributed by atoms with Crippen LogP contribution in [-0.2, 0) is 0 Å². The molecule has 2 aromatic heterocycles. The third-order valence-electron chi connectivity index (χ3n) is 4.43. The summed E-state index contributed by atoms with van der Waals surface area (Å²) in [5, 5.41) is 0.632.